The second kappa shape index (κ2) is 5.28. The molecule has 126 valence electrons. The number of Topliss-reactive ketones (excluding diaryl/α,β-unsaturated/α-hetero) is 1. The zero-order chi connectivity index (χ0) is 17.1. The number of carbonyl (C=O) groups excluding carboxylic acids is 1. The van der Waals surface area contributed by atoms with Crippen LogP contribution in [0.5, 0.6) is 0 Å². The highest BCUT2D eigenvalue weighted by Crippen LogP contribution is 2.47. The average molecular weight is 347 g/mol. The minimum absolute atomic E-state index is 0.00984. The molecule has 3 aliphatic rings. The number of hydrogen-bond acceptors (Lipinski definition) is 4. The maximum absolute atomic E-state index is 13.7. The lowest BCUT2D eigenvalue weighted by Gasteiger charge is -2.33. The molecule has 6 heteroatoms. The Morgan fingerprint density at radius 3 is 2.71 bits per heavy atom. The van der Waals surface area contributed by atoms with Gasteiger partial charge in [0.1, 0.15) is 5.82 Å². The van der Waals surface area contributed by atoms with E-state index in [0.29, 0.717) is 40.1 Å². The first kappa shape index (κ1) is 15.6. The molecular formula is C18H18FNO3S. The van der Waals surface area contributed by atoms with Crippen LogP contribution in [-0.2, 0) is 14.6 Å². The summed E-state index contributed by atoms with van der Waals surface area (Å²) >= 11 is 0. The quantitative estimate of drug-likeness (QED) is 0.848. The smallest absolute Gasteiger partial charge is 0.177 e. The molecule has 1 aliphatic carbocycles. The van der Waals surface area contributed by atoms with Gasteiger partial charge in [-0.05, 0) is 37.0 Å². The number of allylic oxidation sites excluding steroid dienone is 4. The average Bonchev–Trinajstić information content (AvgIpc) is 2.84. The fourth-order valence-electron chi connectivity index (χ4n) is 3.94. The van der Waals surface area contributed by atoms with Crippen molar-refractivity contribution in [1.29, 1.82) is 0 Å². The van der Waals surface area contributed by atoms with E-state index in [0.717, 1.165) is 18.5 Å². The molecule has 1 atom stereocenters. The van der Waals surface area contributed by atoms with Crippen LogP contribution in [0.4, 0.5) is 4.39 Å². The van der Waals surface area contributed by atoms with Crippen molar-refractivity contribution in [2.45, 2.75) is 38.5 Å². The Morgan fingerprint density at radius 2 is 1.96 bits per heavy atom. The van der Waals surface area contributed by atoms with Crippen LogP contribution in [0.15, 0.2) is 40.1 Å². The Bertz CT molecular complexity index is 928. The standard InChI is InChI=1S/C18H18FNO3S/c1-10-9-11(5-6-12(10)19)16-17-13(3-2-4-15(17)21)20-14-7-8-24(22,23)18(14)16/h5-6,9,16,20H,2-4,7-8H2,1H3/t16-/m0/s1. The lowest BCUT2D eigenvalue weighted by molar-refractivity contribution is -0.116. The Kier molecular flexibility index (Phi) is 3.42. The van der Waals surface area contributed by atoms with Gasteiger partial charge in [0.15, 0.2) is 15.6 Å². The Labute approximate surface area is 140 Å². The van der Waals surface area contributed by atoms with E-state index in [1.807, 2.05) is 0 Å². The predicted molar refractivity (Wildman–Crippen MR) is 88.3 cm³/mol. The van der Waals surface area contributed by atoms with Gasteiger partial charge in [-0.2, -0.15) is 0 Å². The summed E-state index contributed by atoms with van der Waals surface area (Å²) in [6.07, 6.45) is 2.39. The van der Waals surface area contributed by atoms with Crippen molar-refractivity contribution in [2.24, 2.45) is 0 Å². The molecular weight excluding hydrogens is 329 g/mol. The van der Waals surface area contributed by atoms with Gasteiger partial charge in [0.2, 0.25) is 0 Å². The van der Waals surface area contributed by atoms with Gasteiger partial charge in [0.05, 0.1) is 16.6 Å². The molecule has 0 unspecified atom stereocenters. The highest BCUT2D eigenvalue weighted by molar-refractivity contribution is 7.95. The van der Waals surface area contributed by atoms with Crippen LogP contribution < -0.4 is 5.32 Å². The minimum Gasteiger partial charge on any atom is -0.361 e. The monoisotopic (exact) mass is 347 g/mol. The first-order valence-electron chi connectivity index (χ1n) is 8.13. The third-order valence-corrected chi connectivity index (χ3v) is 6.97. The molecule has 1 N–H and O–H groups in total. The van der Waals surface area contributed by atoms with Gasteiger partial charge in [0.25, 0.3) is 0 Å². The molecule has 2 heterocycles. The van der Waals surface area contributed by atoms with Gasteiger partial charge >= 0.3 is 0 Å². The number of benzene rings is 1. The van der Waals surface area contributed by atoms with Crippen LogP contribution in [-0.4, -0.2) is 20.0 Å². The van der Waals surface area contributed by atoms with Gasteiger partial charge < -0.3 is 5.32 Å². The Morgan fingerprint density at radius 1 is 1.17 bits per heavy atom. The molecule has 0 aromatic heterocycles. The third-order valence-electron chi connectivity index (χ3n) is 5.08. The number of ketones is 1. The van der Waals surface area contributed by atoms with Gasteiger partial charge in [-0.3, -0.25) is 4.79 Å². The Hall–Kier alpha value is -1.95. The van der Waals surface area contributed by atoms with Crippen LogP contribution >= 0.6 is 0 Å². The SMILES string of the molecule is Cc1cc([C@H]2C3=C(CCCC3=O)NC3=C2S(=O)(=O)CC3)ccc1F. The number of sulfone groups is 1. The van der Waals surface area contributed by atoms with Crippen molar-refractivity contribution in [1.82, 2.24) is 5.32 Å². The van der Waals surface area contributed by atoms with E-state index in [1.165, 1.54) is 6.07 Å². The van der Waals surface area contributed by atoms with Crippen LogP contribution in [0.25, 0.3) is 0 Å². The van der Waals surface area contributed by atoms with E-state index in [4.69, 9.17) is 0 Å². The highest BCUT2D eigenvalue weighted by Gasteiger charge is 2.44. The van der Waals surface area contributed by atoms with Gasteiger partial charge in [-0.15, -0.1) is 0 Å². The maximum Gasteiger partial charge on any atom is 0.177 e. The van der Waals surface area contributed by atoms with Gasteiger partial charge in [0, 0.05) is 29.8 Å². The first-order chi connectivity index (χ1) is 11.4. The van der Waals surface area contributed by atoms with E-state index in [2.05, 4.69) is 5.32 Å². The van der Waals surface area contributed by atoms with E-state index in [9.17, 15) is 17.6 Å². The molecule has 0 bridgehead atoms. The second-order valence-corrected chi connectivity index (χ2v) is 8.72. The van der Waals surface area contributed by atoms with Crippen molar-refractivity contribution in [2.75, 3.05) is 5.75 Å². The number of halogens is 1. The van der Waals surface area contributed by atoms with Crippen LogP contribution in [0.3, 0.4) is 0 Å². The van der Waals surface area contributed by atoms with Crippen molar-refractivity contribution in [3.05, 3.63) is 57.0 Å². The number of nitrogens with one attached hydrogen (secondary N) is 1. The van der Waals surface area contributed by atoms with Crippen LogP contribution in [0.1, 0.15) is 42.7 Å². The highest BCUT2D eigenvalue weighted by atomic mass is 32.2. The van der Waals surface area contributed by atoms with Gasteiger partial charge in [-0.1, -0.05) is 12.1 Å². The molecule has 0 saturated carbocycles. The van der Waals surface area contributed by atoms with E-state index < -0.39 is 15.8 Å². The third kappa shape index (κ3) is 2.24. The maximum atomic E-state index is 13.7. The lowest BCUT2D eigenvalue weighted by Crippen LogP contribution is -2.32. The molecule has 1 aromatic rings. The first-order valence-corrected chi connectivity index (χ1v) is 9.79. The Balaban J connectivity index is 1.96. The van der Waals surface area contributed by atoms with Gasteiger partial charge in [-0.25, -0.2) is 12.8 Å². The minimum atomic E-state index is -3.40. The number of aryl methyl sites for hydroxylation is 1. The van der Waals surface area contributed by atoms with Crippen molar-refractivity contribution < 1.29 is 17.6 Å². The topological polar surface area (TPSA) is 63.2 Å². The van der Waals surface area contributed by atoms with Crippen LogP contribution in [0, 0.1) is 12.7 Å². The summed E-state index contributed by atoms with van der Waals surface area (Å²) in [5, 5.41) is 3.21. The number of rotatable bonds is 1. The number of dihydropyridines is 1. The summed E-state index contributed by atoms with van der Waals surface area (Å²) in [4.78, 5) is 12.9. The molecule has 0 fully saturated rings. The molecule has 0 saturated heterocycles. The molecule has 2 aliphatic heterocycles. The predicted octanol–water partition coefficient (Wildman–Crippen LogP) is 2.86. The summed E-state index contributed by atoms with van der Waals surface area (Å²) in [5.74, 6) is -0.878. The zero-order valence-electron chi connectivity index (χ0n) is 13.4. The lowest BCUT2D eigenvalue weighted by atomic mass is 9.79. The molecule has 4 nitrogen and oxygen atoms in total. The normalized spacial score (nSPS) is 25.4. The zero-order valence-corrected chi connectivity index (χ0v) is 14.2. The summed E-state index contributed by atoms with van der Waals surface area (Å²) < 4.78 is 38.9. The summed E-state index contributed by atoms with van der Waals surface area (Å²) in [6.45, 7) is 1.65. The van der Waals surface area contributed by atoms with Crippen LogP contribution in [0.2, 0.25) is 0 Å². The molecule has 1 aromatic carbocycles. The van der Waals surface area contributed by atoms with Crippen molar-refractivity contribution in [3.63, 3.8) is 0 Å². The molecule has 24 heavy (non-hydrogen) atoms. The number of carbonyl (C=O) groups is 1. The van der Waals surface area contributed by atoms with Crippen molar-refractivity contribution in [3.8, 4) is 0 Å². The molecule has 0 spiro atoms. The van der Waals surface area contributed by atoms with E-state index in [1.54, 1.807) is 19.1 Å². The molecule has 0 amide bonds. The molecule has 0 radical (unpaired) electrons. The molecule has 4 rings (SSSR count). The summed E-state index contributed by atoms with van der Waals surface area (Å²) in [5.41, 5.74) is 3.23. The summed E-state index contributed by atoms with van der Waals surface area (Å²) in [6, 6.07) is 4.61. The van der Waals surface area contributed by atoms with E-state index >= 15 is 0 Å². The largest absolute Gasteiger partial charge is 0.361 e. The van der Waals surface area contributed by atoms with Crippen molar-refractivity contribution >= 4 is 15.6 Å². The fraction of sp³-hybridized carbons (Fsp3) is 0.389. The second-order valence-electron chi connectivity index (χ2n) is 6.65. The number of hydrogen-bond donors (Lipinski definition) is 1. The van der Waals surface area contributed by atoms with E-state index in [-0.39, 0.29) is 17.4 Å². The summed E-state index contributed by atoms with van der Waals surface area (Å²) in [7, 11) is -3.40. The fourth-order valence-corrected chi connectivity index (χ4v) is 5.78.